The van der Waals surface area contributed by atoms with Crippen molar-refractivity contribution in [2.75, 3.05) is 51.8 Å². The minimum atomic E-state index is 0.216. The summed E-state index contributed by atoms with van der Waals surface area (Å²) in [7, 11) is 0. The number of rotatable bonds is 12. The minimum Gasteiger partial charge on any atom is -0.179 e. The van der Waals surface area contributed by atoms with Crippen molar-refractivity contribution in [1.29, 1.82) is 0 Å². The molecular formula is C10H22S7. The fourth-order valence-corrected chi connectivity index (χ4v) is 6.50. The predicted octanol–water partition coefficient (Wildman–Crippen LogP) is 3.64. The molecule has 0 radical (unpaired) electrons. The molecule has 0 saturated heterocycles. The molecule has 0 unspecified atom stereocenters. The molecule has 0 N–H and O–H groups in total. The second kappa shape index (κ2) is 13.4. The standard InChI is InChI=1S/C10H22S7/c11-1-3-15-5-6-16-9-10(7-13,8-14)17-4-2-12/h11-14H,1-9H2. The van der Waals surface area contributed by atoms with Gasteiger partial charge >= 0.3 is 0 Å². The van der Waals surface area contributed by atoms with Crippen molar-refractivity contribution in [2.45, 2.75) is 4.75 Å². The van der Waals surface area contributed by atoms with Crippen LogP contribution in [0.15, 0.2) is 0 Å². The van der Waals surface area contributed by atoms with E-state index in [0.717, 1.165) is 40.3 Å². The second-order valence-electron chi connectivity index (χ2n) is 3.46. The molecule has 0 aromatic heterocycles. The van der Waals surface area contributed by atoms with Gasteiger partial charge in [0, 0.05) is 45.0 Å². The highest BCUT2D eigenvalue weighted by atomic mass is 32.2. The molecule has 17 heavy (non-hydrogen) atoms. The SMILES string of the molecule is SCCSCCSCC(CS)(CS)SCCS. The Morgan fingerprint density at radius 3 is 1.82 bits per heavy atom. The number of thioether (sulfide) groups is 3. The topological polar surface area (TPSA) is 0 Å². The maximum atomic E-state index is 4.49. The Labute approximate surface area is 141 Å². The molecule has 0 rings (SSSR count). The second-order valence-corrected chi connectivity index (χ2v) is 8.88. The maximum Gasteiger partial charge on any atom is 0.0426 e. The van der Waals surface area contributed by atoms with Gasteiger partial charge in [0.25, 0.3) is 0 Å². The van der Waals surface area contributed by atoms with Gasteiger partial charge in [-0.05, 0) is 11.5 Å². The van der Waals surface area contributed by atoms with Crippen molar-refractivity contribution in [3.05, 3.63) is 0 Å². The lowest BCUT2D eigenvalue weighted by Crippen LogP contribution is -2.33. The molecule has 0 heterocycles. The van der Waals surface area contributed by atoms with E-state index in [2.05, 4.69) is 50.5 Å². The molecule has 0 nitrogen and oxygen atoms in total. The van der Waals surface area contributed by atoms with Crippen LogP contribution in [-0.4, -0.2) is 56.5 Å². The van der Waals surface area contributed by atoms with E-state index in [9.17, 15) is 0 Å². The summed E-state index contributed by atoms with van der Waals surface area (Å²) in [5.74, 6) is 9.50. The van der Waals surface area contributed by atoms with Gasteiger partial charge in [0.05, 0.1) is 0 Å². The summed E-state index contributed by atoms with van der Waals surface area (Å²) in [4.78, 5) is 0. The fourth-order valence-electron chi connectivity index (χ4n) is 1.08. The molecule has 0 aliphatic heterocycles. The average molecular weight is 367 g/mol. The molecule has 0 aliphatic carbocycles. The highest BCUT2D eigenvalue weighted by molar-refractivity contribution is 8.06. The van der Waals surface area contributed by atoms with E-state index >= 15 is 0 Å². The van der Waals surface area contributed by atoms with Crippen molar-refractivity contribution >= 4 is 85.8 Å². The fraction of sp³-hybridized carbons (Fsp3) is 1.00. The van der Waals surface area contributed by atoms with Crippen molar-refractivity contribution < 1.29 is 0 Å². The third kappa shape index (κ3) is 9.91. The van der Waals surface area contributed by atoms with E-state index < -0.39 is 0 Å². The largest absolute Gasteiger partial charge is 0.179 e. The molecule has 0 amide bonds. The molecule has 0 atom stereocenters. The summed E-state index contributed by atoms with van der Waals surface area (Å²) in [6, 6.07) is 0. The highest BCUT2D eigenvalue weighted by Gasteiger charge is 2.27. The normalized spacial score (nSPS) is 12.0. The maximum absolute atomic E-state index is 4.49. The van der Waals surface area contributed by atoms with Crippen LogP contribution in [0.5, 0.6) is 0 Å². The van der Waals surface area contributed by atoms with E-state index in [1.807, 2.05) is 35.3 Å². The first kappa shape index (κ1) is 19.4. The van der Waals surface area contributed by atoms with Gasteiger partial charge in [0.1, 0.15) is 0 Å². The Kier molecular flexibility index (Phi) is 15.4. The highest BCUT2D eigenvalue weighted by Crippen LogP contribution is 2.32. The lowest BCUT2D eigenvalue weighted by Gasteiger charge is -2.29. The van der Waals surface area contributed by atoms with Crippen molar-refractivity contribution in [3.8, 4) is 0 Å². The summed E-state index contributed by atoms with van der Waals surface area (Å²) >= 11 is 23.4. The Morgan fingerprint density at radius 2 is 1.29 bits per heavy atom. The van der Waals surface area contributed by atoms with Crippen LogP contribution in [0.1, 0.15) is 0 Å². The summed E-state index contributed by atoms with van der Waals surface area (Å²) < 4.78 is 0.216. The van der Waals surface area contributed by atoms with Crippen LogP contribution in [-0.2, 0) is 0 Å². The Bertz CT molecular complexity index is 161. The van der Waals surface area contributed by atoms with Gasteiger partial charge < -0.3 is 0 Å². The van der Waals surface area contributed by atoms with E-state index in [0.29, 0.717) is 0 Å². The quantitative estimate of drug-likeness (QED) is 0.308. The van der Waals surface area contributed by atoms with Crippen molar-refractivity contribution in [3.63, 3.8) is 0 Å². The number of thiol groups is 4. The van der Waals surface area contributed by atoms with E-state index in [1.54, 1.807) is 0 Å². The van der Waals surface area contributed by atoms with Crippen LogP contribution in [0, 0.1) is 0 Å². The van der Waals surface area contributed by atoms with Gasteiger partial charge in [-0.1, -0.05) is 0 Å². The third-order valence-electron chi connectivity index (χ3n) is 2.05. The van der Waals surface area contributed by atoms with E-state index in [4.69, 9.17) is 0 Å². The van der Waals surface area contributed by atoms with Gasteiger partial charge in [-0.25, -0.2) is 0 Å². The molecule has 0 aromatic carbocycles. The number of hydrogen-bond acceptors (Lipinski definition) is 7. The number of hydrogen-bond donors (Lipinski definition) is 4. The van der Waals surface area contributed by atoms with Crippen LogP contribution in [0.4, 0.5) is 0 Å². The molecule has 7 heteroatoms. The van der Waals surface area contributed by atoms with Crippen LogP contribution in [0.3, 0.4) is 0 Å². The smallest absolute Gasteiger partial charge is 0.0426 e. The first-order chi connectivity index (χ1) is 8.24. The van der Waals surface area contributed by atoms with Crippen molar-refractivity contribution in [1.82, 2.24) is 0 Å². The Hall–Kier alpha value is 2.45. The van der Waals surface area contributed by atoms with Crippen LogP contribution >= 0.6 is 85.8 Å². The zero-order valence-corrected chi connectivity index (χ0v) is 15.9. The third-order valence-corrected chi connectivity index (χ3v) is 8.87. The first-order valence-corrected chi connectivity index (χ1v) is 11.3. The summed E-state index contributed by atoms with van der Waals surface area (Å²) in [5, 5.41) is 0. The lowest BCUT2D eigenvalue weighted by molar-refractivity contribution is 0.850. The van der Waals surface area contributed by atoms with Crippen LogP contribution in [0.2, 0.25) is 0 Å². The summed E-state index contributed by atoms with van der Waals surface area (Å²) in [6.45, 7) is 0. The van der Waals surface area contributed by atoms with E-state index in [1.165, 1.54) is 11.5 Å². The van der Waals surface area contributed by atoms with Gasteiger partial charge in [-0.3, -0.25) is 0 Å². The van der Waals surface area contributed by atoms with Gasteiger partial charge in [-0.2, -0.15) is 85.8 Å². The average Bonchev–Trinajstić information content (AvgIpc) is 2.38. The molecule has 0 bridgehead atoms. The van der Waals surface area contributed by atoms with Gasteiger partial charge in [-0.15, -0.1) is 0 Å². The monoisotopic (exact) mass is 366 g/mol. The summed E-state index contributed by atoms with van der Waals surface area (Å²) in [5.41, 5.74) is 0. The molecular weight excluding hydrogens is 345 g/mol. The van der Waals surface area contributed by atoms with Gasteiger partial charge in [0.15, 0.2) is 0 Å². The van der Waals surface area contributed by atoms with Gasteiger partial charge in [0.2, 0.25) is 0 Å². The summed E-state index contributed by atoms with van der Waals surface area (Å²) in [6.07, 6.45) is 0. The van der Waals surface area contributed by atoms with Crippen molar-refractivity contribution in [2.24, 2.45) is 0 Å². The molecule has 0 fully saturated rings. The zero-order valence-electron chi connectivity index (χ0n) is 9.88. The molecule has 0 spiro atoms. The lowest BCUT2D eigenvalue weighted by atomic mass is 10.2. The molecule has 0 saturated carbocycles. The Balaban J connectivity index is 3.75. The van der Waals surface area contributed by atoms with Crippen LogP contribution < -0.4 is 0 Å². The molecule has 0 aliphatic rings. The van der Waals surface area contributed by atoms with E-state index in [-0.39, 0.29) is 4.75 Å². The molecule has 0 aromatic rings. The predicted molar refractivity (Wildman–Crippen MR) is 105 cm³/mol. The zero-order chi connectivity index (χ0) is 13.0. The van der Waals surface area contributed by atoms with Crippen LogP contribution in [0.25, 0.3) is 0 Å². The minimum absolute atomic E-state index is 0.216. The Morgan fingerprint density at radius 1 is 0.706 bits per heavy atom. The molecule has 104 valence electrons. The first-order valence-electron chi connectivity index (χ1n) is 5.47.